The monoisotopic (exact) mass is 372 g/mol. The molecule has 0 unspecified atom stereocenters. The molecule has 0 radical (unpaired) electrons. The van der Waals surface area contributed by atoms with Crippen LogP contribution in [0.15, 0.2) is 48.5 Å². The molecule has 0 N–H and O–H groups in total. The molecule has 27 heavy (non-hydrogen) atoms. The summed E-state index contributed by atoms with van der Waals surface area (Å²) in [4.78, 5) is 28.1. The zero-order valence-corrected chi connectivity index (χ0v) is 15.1. The maximum absolute atomic E-state index is 13.9. The van der Waals surface area contributed by atoms with Crippen molar-refractivity contribution in [2.24, 2.45) is 0 Å². The van der Waals surface area contributed by atoms with E-state index in [1.165, 1.54) is 19.2 Å². The zero-order chi connectivity index (χ0) is 19.2. The molecule has 3 rings (SSSR count). The minimum Gasteiger partial charge on any atom is -0.497 e. The molecule has 1 heterocycles. The van der Waals surface area contributed by atoms with E-state index in [9.17, 15) is 14.0 Å². The van der Waals surface area contributed by atoms with Crippen molar-refractivity contribution >= 4 is 17.6 Å². The molecule has 1 aliphatic heterocycles. The van der Waals surface area contributed by atoms with Gasteiger partial charge < -0.3 is 19.3 Å². The lowest BCUT2D eigenvalue weighted by Gasteiger charge is -2.36. The lowest BCUT2D eigenvalue weighted by molar-refractivity contribution is -0.134. The second-order valence-electron chi connectivity index (χ2n) is 6.13. The second-order valence-corrected chi connectivity index (χ2v) is 6.13. The number of ether oxygens (including phenoxy) is 2. The first kappa shape index (κ1) is 18.7. The first-order valence-electron chi connectivity index (χ1n) is 8.67. The van der Waals surface area contributed by atoms with Gasteiger partial charge in [-0.1, -0.05) is 18.2 Å². The van der Waals surface area contributed by atoms with E-state index >= 15 is 0 Å². The zero-order valence-electron chi connectivity index (χ0n) is 15.1. The van der Waals surface area contributed by atoms with Gasteiger partial charge in [0.1, 0.15) is 11.6 Å². The number of hydrogen-bond donors (Lipinski definition) is 0. The molecular weight excluding hydrogens is 351 g/mol. The predicted octanol–water partition coefficient (Wildman–Crippen LogP) is 2.34. The highest BCUT2D eigenvalue weighted by molar-refractivity contribution is 5.91. The van der Waals surface area contributed by atoms with Crippen LogP contribution in [-0.4, -0.2) is 56.7 Å². The van der Waals surface area contributed by atoms with Crippen molar-refractivity contribution in [3.8, 4) is 5.75 Å². The first-order valence-corrected chi connectivity index (χ1v) is 8.67. The van der Waals surface area contributed by atoms with Gasteiger partial charge in [0.15, 0.2) is 6.61 Å². The van der Waals surface area contributed by atoms with Gasteiger partial charge in [-0.25, -0.2) is 9.18 Å². The van der Waals surface area contributed by atoms with Crippen LogP contribution in [0.25, 0.3) is 0 Å². The molecular formula is C20H21FN2O4. The van der Waals surface area contributed by atoms with Gasteiger partial charge in [0.05, 0.1) is 12.7 Å². The van der Waals surface area contributed by atoms with Crippen molar-refractivity contribution < 1.29 is 23.5 Å². The fourth-order valence-corrected chi connectivity index (χ4v) is 2.94. The van der Waals surface area contributed by atoms with Crippen LogP contribution in [0.4, 0.5) is 10.1 Å². The van der Waals surface area contributed by atoms with Gasteiger partial charge >= 0.3 is 5.97 Å². The average Bonchev–Trinajstić information content (AvgIpc) is 2.72. The van der Waals surface area contributed by atoms with E-state index in [1.54, 1.807) is 4.90 Å². The number of rotatable bonds is 5. The smallest absolute Gasteiger partial charge is 0.341 e. The lowest BCUT2D eigenvalue weighted by Crippen LogP contribution is -2.49. The Bertz CT molecular complexity index is 805. The van der Waals surface area contributed by atoms with Crippen LogP contribution >= 0.6 is 0 Å². The third-order valence-corrected chi connectivity index (χ3v) is 4.48. The van der Waals surface area contributed by atoms with Crippen molar-refractivity contribution in [3.63, 3.8) is 0 Å². The summed E-state index contributed by atoms with van der Waals surface area (Å²) < 4.78 is 23.8. The van der Waals surface area contributed by atoms with Crippen molar-refractivity contribution in [2.75, 3.05) is 44.8 Å². The highest BCUT2D eigenvalue weighted by Crippen LogP contribution is 2.18. The molecule has 142 valence electrons. The van der Waals surface area contributed by atoms with Crippen LogP contribution in [0, 0.1) is 5.82 Å². The van der Waals surface area contributed by atoms with Gasteiger partial charge in [0.2, 0.25) is 0 Å². The van der Waals surface area contributed by atoms with Gasteiger partial charge in [-0.3, -0.25) is 4.79 Å². The summed E-state index contributed by atoms with van der Waals surface area (Å²) in [7, 11) is 1.41. The largest absolute Gasteiger partial charge is 0.497 e. The predicted molar refractivity (Wildman–Crippen MR) is 98.5 cm³/mol. The Labute approximate surface area is 157 Å². The Hall–Kier alpha value is -3.09. The number of benzene rings is 2. The summed E-state index contributed by atoms with van der Waals surface area (Å²) in [6, 6.07) is 13.8. The number of carbonyl (C=O) groups is 2. The molecule has 0 bridgehead atoms. The molecule has 2 aromatic carbocycles. The van der Waals surface area contributed by atoms with Crippen molar-refractivity contribution in [1.82, 2.24) is 4.90 Å². The van der Waals surface area contributed by atoms with E-state index in [0.29, 0.717) is 31.9 Å². The Kier molecular flexibility index (Phi) is 5.90. The van der Waals surface area contributed by atoms with Crippen LogP contribution in [0.1, 0.15) is 10.4 Å². The molecule has 0 aliphatic carbocycles. The minimum atomic E-state index is -0.869. The topological polar surface area (TPSA) is 59.1 Å². The maximum atomic E-state index is 13.9. The fourth-order valence-electron chi connectivity index (χ4n) is 2.94. The standard InChI is InChI=1S/C20H21FN2O4/c1-26-16-7-8-17(18(21)13-16)20(25)27-14-19(24)23-11-9-22(10-12-23)15-5-3-2-4-6-15/h2-8,13H,9-12,14H2,1H3. The SMILES string of the molecule is COc1ccc(C(=O)OCC(=O)N2CCN(c3ccccc3)CC2)c(F)c1. The number of piperazine rings is 1. The molecule has 0 spiro atoms. The highest BCUT2D eigenvalue weighted by atomic mass is 19.1. The molecule has 0 atom stereocenters. The number of anilines is 1. The third kappa shape index (κ3) is 4.55. The number of hydrogen-bond acceptors (Lipinski definition) is 5. The van der Waals surface area contributed by atoms with E-state index in [4.69, 9.17) is 9.47 Å². The third-order valence-electron chi connectivity index (χ3n) is 4.48. The summed E-state index contributed by atoms with van der Waals surface area (Å²) in [5.41, 5.74) is 0.892. The number of para-hydroxylation sites is 1. The molecule has 1 saturated heterocycles. The number of halogens is 1. The molecule has 1 amide bonds. The normalized spacial score (nSPS) is 14.0. The molecule has 1 fully saturated rings. The summed E-state index contributed by atoms with van der Waals surface area (Å²) in [5, 5.41) is 0. The van der Waals surface area contributed by atoms with Gasteiger partial charge in [-0.05, 0) is 24.3 Å². The quantitative estimate of drug-likeness (QED) is 0.754. The summed E-state index contributed by atoms with van der Waals surface area (Å²) in [6.45, 7) is 2.09. The Morgan fingerprint density at radius 3 is 2.37 bits per heavy atom. The van der Waals surface area contributed by atoms with E-state index in [1.807, 2.05) is 30.3 Å². The highest BCUT2D eigenvalue weighted by Gasteiger charge is 2.23. The summed E-state index contributed by atoms with van der Waals surface area (Å²) in [6.07, 6.45) is 0. The Morgan fingerprint density at radius 2 is 1.74 bits per heavy atom. The van der Waals surface area contributed by atoms with Gasteiger partial charge in [0.25, 0.3) is 5.91 Å². The molecule has 0 saturated carbocycles. The average molecular weight is 372 g/mol. The van der Waals surface area contributed by atoms with Crippen LogP contribution in [0.5, 0.6) is 5.75 Å². The number of esters is 1. The van der Waals surface area contributed by atoms with Crippen LogP contribution in [-0.2, 0) is 9.53 Å². The van der Waals surface area contributed by atoms with Crippen molar-refractivity contribution in [1.29, 1.82) is 0 Å². The number of carbonyl (C=O) groups excluding carboxylic acids is 2. The first-order chi connectivity index (χ1) is 13.1. The van der Waals surface area contributed by atoms with E-state index in [-0.39, 0.29) is 11.5 Å². The second kappa shape index (κ2) is 8.53. The van der Waals surface area contributed by atoms with Crippen molar-refractivity contribution in [3.05, 3.63) is 59.9 Å². The van der Waals surface area contributed by atoms with Gasteiger partial charge in [-0.2, -0.15) is 0 Å². The van der Waals surface area contributed by atoms with Crippen LogP contribution in [0.2, 0.25) is 0 Å². The minimum absolute atomic E-state index is 0.225. The van der Waals surface area contributed by atoms with Gasteiger partial charge in [0, 0.05) is 37.9 Å². The lowest BCUT2D eigenvalue weighted by atomic mass is 10.2. The maximum Gasteiger partial charge on any atom is 0.341 e. The summed E-state index contributed by atoms with van der Waals surface area (Å²) in [5.74, 6) is -1.60. The molecule has 0 aromatic heterocycles. The summed E-state index contributed by atoms with van der Waals surface area (Å²) >= 11 is 0. The van der Waals surface area contributed by atoms with Crippen LogP contribution < -0.4 is 9.64 Å². The number of amides is 1. The Morgan fingerprint density at radius 1 is 1.04 bits per heavy atom. The fraction of sp³-hybridized carbons (Fsp3) is 0.300. The molecule has 1 aliphatic rings. The molecule has 7 heteroatoms. The van der Waals surface area contributed by atoms with Crippen LogP contribution in [0.3, 0.4) is 0 Å². The van der Waals surface area contributed by atoms with E-state index < -0.39 is 18.4 Å². The van der Waals surface area contributed by atoms with E-state index in [2.05, 4.69) is 4.90 Å². The van der Waals surface area contributed by atoms with E-state index in [0.717, 1.165) is 11.8 Å². The number of methoxy groups -OCH3 is 1. The Balaban J connectivity index is 1.49. The number of nitrogens with zero attached hydrogens (tertiary/aromatic N) is 2. The molecule has 2 aromatic rings. The van der Waals surface area contributed by atoms with Crippen molar-refractivity contribution in [2.45, 2.75) is 0 Å². The van der Waals surface area contributed by atoms with Gasteiger partial charge in [-0.15, -0.1) is 0 Å². The molecule has 6 nitrogen and oxygen atoms in total.